The first-order valence-corrected chi connectivity index (χ1v) is 6.97. The van der Waals surface area contributed by atoms with Gasteiger partial charge in [-0.3, -0.25) is 4.79 Å². The molecule has 0 aliphatic carbocycles. The van der Waals surface area contributed by atoms with Crippen molar-refractivity contribution < 1.29 is 19.4 Å². The van der Waals surface area contributed by atoms with Crippen LogP contribution in [-0.4, -0.2) is 44.0 Å². The molecule has 1 amide bonds. The number of aliphatic hydroxyl groups excluding tert-OH is 1. The second-order valence-electron chi connectivity index (χ2n) is 4.32. The summed E-state index contributed by atoms with van der Waals surface area (Å²) in [7, 11) is 0. The van der Waals surface area contributed by atoms with Gasteiger partial charge in [0.1, 0.15) is 5.75 Å². The zero-order chi connectivity index (χ0) is 14.6. The van der Waals surface area contributed by atoms with Gasteiger partial charge >= 0.3 is 0 Å². The van der Waals surface area contributed by atoms with Crippen molar-refractivity contribution in [1.82, 2.24) is 5.32 Å². The summed E-state index contributed by atoms with van der Waals surface area (Å²) in [5.74, 6) is 0.597. The summed E-state index contributed by atoms with van der Waals surface area (Å²) >= 11 is 0. The van der Waals surface area contributed by atoms with Gasteiger partial charge in [-0.15, -0.1) is 0 Å². The second kappa shape index (κ2) is 10.2. The highest BCUT2D eigenvalue weighted by atomic mass is 16.5. The molecule has 1 aromatic rings. The molecule has 20 heavy (non-hydrogen) atoms. The average molecular weight is 281 g/mol. The summed E-state index contributed by atoms with van der Waals surface area (Å²) in [5.41, 5.74) is 0.592. The summed E-state index contributed by atoms with van der Waals surface area (Å²) < 4.78 is 10.6. The minimum absolute atomic E-state index is 0.0247. The van der Waals surface area contributed by atoms with Crippen molar-refractivity contribution in [3.63, 3.8) is 0 Å². The van der Waals surface area contributed by atoms with Crippen molar-refractivity contribution >= 4 is 5.91 Å². The number of ether oxygens (including phenoxy) is 2. The predicted octanol–water partition coefficient (Wildman–Crippen LogP) is 1.60. The van der Waals surface area contributed by atoms with Gasteiger partial charge in [-0.25, -0.2) is 0 Å². The van der Waals surface area contributed by atoms with Gasteiger partial charge < -0.3 is 19.9 Å². The van der Waals surface area contributed by atoms with E-state index in [9.17, 15) is 4.79 Å². The number of hydrogen-bond donors (Lipinski definition) is 2. The quantitative estimate of drug-likeness (QED) is 0.639. The van der Waals surface area contributed by atoms with E-state index in [2.05, 4.69) is 5.32 Å². The van der Waals surface area contributed by atoms with Gasteiger partial charge in [0.15, 0.2) is 0 Å². The van der Waals surface area contributed by atoms with Crippen LogP contribution in [0.15, 0.2) is 24.3 Å². The average Bonchev–Trinajstić information content (AvgIpc) is 2.48. The topological polar surface area (TPSA) is 67.8 Å². The summed E-state index contributed by atoms with van der Waals surface area (Å²) in [4.78, 5) is 11.9. The summed E-state index contributed by atoms with van der Waals surface area (Å²) in [5, 5.41) is 11.4. The molecular formula is C15H23NO4. The third-order valence-corrected chi connectivity index (χ3v) is 2.56. The van der Waals surface area contributed by atoms with Crippen molar-refractivity contribution in [3.05, 3.63) is 29.8 Å². The highest BCUT2D eigenvalue weighted by Gasteiger charge is 2.05. The van der Waals surface area contributed by atoms with Crippen molar-refractivity contribution in [2.24, 2.45) is 0 Å². The molecule has 0 fully saturated rings. The Hall–Kier alpha value is -1.59. The third kappa shape index (κ3) is 6.54. The zero-order valence-electron chi connectivity index (χ0n) is 11.9. The maximum atomic E-state index is 11.9. The monoisotopic (exact) mass is 281 g/mol. The number of hydrogen-bond acceptors (Lipinski definition) is 4. The molecule has 0 heterocycles. The SMILES string of the molecule is CCCOc1cccc(C(=O)NCCCOCCO)c1. The van der Waals surface area contributed by atoms with E-state index in [1.165, 1.54) is 0 Å². The Bertz CT molecular complexity index is 395. The maximum Gasteiger partial charge on any atom is 0.251 e. The molecule has 5 heteroatoms. The first kappa shape index (κ1) is 16.5. The summed E-state index contributed by atoms with van der Waals surface area (Å²) in [6, 6.07) is 7.16. The molecule has 2 N–H and O–H groups in total. The van der Waals surface area contributed by atoms with Crippen molar-refractivity contribution in [1.29, 1.82) is 0 Å². The standard InChI is InChI=1S/C15H23NO4/c1-2-9-20-14-6-3-5-13(12-14)15(18)16-7-4-10-19-11-8-17/h3,5-6,12,17H,2,4,7-11H2,1H3,(H,16,18). The first-order valence-electron chi connectivity index (χ1n) is 6.97. The predicted molar refractivity (Wildman–Crippen MR) is 77.1 cm³/mol. The second-order valence-corrected chi connectivity index (χ2v) is 4.32. The van der Waals surface area contributed by atoms with Crippen LogP contribution in [0.1, 0.15) is 30.1 Å². The Morgan fingerprint density at radius 3 is 2.90 bits per heavy atom. The minimum atomic E-state index is -0.117. The Kier molecular flexibility index (Phi) is 8.42. The van der Waals surface area contributed by atoms with E-state index in [1.807, 2.05) is 19.1 Å². The number of amides is 1. The van der Waals surface area contributed by atoms with Gasteiger partial charge in [-0.2, -0.15) is 0 Å². The van der Waals surface area contributed by atoms with Gasteiger partial charge in [0.25, 0.3) is 5.91 Å². The molecule has 0 radical (unpaired) electrons. The van der Waals surface area contributed by atoms with Crippen LogP contribution in [0.5, 0.6) is 5.75 Å². The van der Waals surface area contributed by atoms with Crippen molar-refractivity contribution in [2.45, 2.75) is 19.8 Å². The largest absolute Gasteiger partial charge is 0.494 e. The highest BCUT2D eigenvalue weighted by molar-refractivity contribution is 5.94. The zero-order valence-corrected chi connectivity index (χ0v) is 11.9. The van der Waals surface area contributed by atoms with Gasteiger partial charge in [0.2, 0.25) is 0 Å². The van der Waals surface area contributed by atoms with E-state index in [0.717, 1.165) is 12.8 Å². The van der Waals surface area contributed by atoms with E-state index in [4.69, 9.17) is 14.6 Å². The lowest BCUT2D eigenvalue weighted by Crippen LogP contribution is -2.25. The van der Waals surface area contributed by atoms with Crippen LogP contribution in [0.4, 0.5) is 0 Å². The number of aliphatic hydroxyl groups is 1. The van der Waals surface area contributed by atoms with E-state index in [1.54, 1.807) is 12.1 Å². The van der Waals surface area contributed by atoms with Gasteiger partial charge in [0, 0.05) is 18.7 Å². The molecule has 0 aliphatic heterocycles. The maximum absolute atomic E-state index is 11.9. The molecule has 0 aliphatic rings. The van der Waals surface area contributed by atoms with Gasteiger partial charge in [-0.05, 0) is 31.0 Å². The van der Waals surface area contributed by atoms with Gasteiger partial charge in [-0.1, -0.05) is 13.0 Å². The lowest BCUT2D eigenvalue weighted by molar-refractivity contribution is 0.0867. The van der Waals surface area contributed by atoms with Gasteiger partial charge in [0.05, 0.1) is 19.8 Å². The molecule has 0 bridgehead atoms. The Morgan fingerprint density at radius 2 is 2.15 bits per heavy atom. The number of benzene rings is 1. The number of carbonyl (C=O) groups is 1. The molecule has 1 aromatic carbocycles. The van der Waals surface area contributed by atoms with Crippen LogP contribution < -0.4 is 10.1 Å². The number of carbonyl (C=O) groups excluding carboxylic acids is 1. The lowest BCUT2D eigenvalue weighted by Gasteiger charge is -2.08. The number of nitrogens with one attached hydrogen (secondary N) is 1. The van der Waals surface area contributed by atoms with Crippen molar-refractivity contribution in [3.8, 4) is 5.75 Å². The van der Waals surface area contributed by atoms with E-state index in [-0.39, 0.29) is 12.5 Å². The highest BCUT2D eigenvalue weighted by Crippen LogP contribution is 2.13. The van der Waals surface area contributed by atoms with Crippen LogP contribution in [0.2, 0.25) is 0 Å². The molecular weight excluding hydrogens is 258 g/mol. The molecule has 0 saturated carbocycles. The Morgan fingerprint density at radius 1 is 1.30 bits per heavy atom. The fourth-order valence-corrected chi connectivity index (χ4v) is 1.59. The Labute approximate surface area is 119 Å². The van der Waals surface area contributed by atoms with Crippen molar-refractivity contribution in [2.75, 3.05) is 33.0 Å². The smallest absolute Gasteiger partial charge is 0.251 e. The molecule has 0 atom stereocenters. The first-order chi connectivity index (χ1) is 9.77. The van der Waals surface area contributed by atoms with Crippen LogP contribution in [0.25, 0.3) is 0 Å². The van der Waals surface area contributed by atoms with Crippen LogP contribution >= 0.6 is 0 Å². The molecule has 0 aromatic heterocycles. The normalized spacial score (nSPS) is 10.3. The number of rotatable bonds is 10. The molecule has 112 valence electrons. The summed E-state index contributed by atoms with van der Waals surface area (Å²) in [6.07, 6.45) is 1.65. The van der Waals surface area contributed by atoms with E-state index >= 15 is 0 Å². The van der Waals surface area contributed by atoms with Crippen LogP contribution in [0.3, 0.4) is 0 Å². The van der Waals surface area contributed by atoms with E-state index < -0.39 is 0 Å². The van der Waals surface area contributed by atoms with Crippen LogP contribution in [-0.2, 0) is 4.74 Å². The Balaban J connectivity index is 2.31. The lowest BCUT2D eigenvalue weighted by atomic mass is 10.2. The molecule has 0 spiro atoms. The molecule has 5 nitrogen and oxygen atoms in total. The van der Waals surface area contributed by atoms with E-state index in [0.29, 0.717) is 37.7 Å². The summed E-state index contributed by atoms with van der Waals surface area (Å²) in [6.45, 7) is 4.12. The third-order valence-electron chi connectivity index (χ3n) is 2.56. The van der Waals surface area contributed by atoms with Crippen LogP contribution in [0, 0.1) is 0 Å². The fourth-order valence-electron chi connectivity index (χ4n) is 1.59. The molecule has 0 unspecified atom stereocenters. The fraction of sp³-hybridized carbons (Fsp3) is 0.533. The molecule has 1 rings (SSSR count). The minimum Gasteiger partial charge on any atom is -0.494 e. The molecule has 0 saturated heterocycles.